The van der Waals surface area contributed by atoms with Gasteiger partial charge in [0.25, 0.3) is 0 Å². The van der Waals surface area contributed by atoms with Gasteiger partial charge in [-0.2, -0.15) is 0 Å². The summed E-state index contributed by atoms with van der Waals surface area (Å²) in [5.74, 6) is 0. The molecule has 2 amide bonds. The van der Waals surface area contributed by atoms with Crippen LogP contribution in [0.5, 0.6) is 0 Å². The lowest BCUT2D eigenvalue weighted by Crippen LogP contribution is -2.54. The highest BCUT2D eigenvalue weighted by molar-refractivity contribution is 7.14. The summed E-state index contributed by atoms with van der Waals surface area (Å²) in [6.45, 7) is 3.55. The van der Waals surface area contributed by atoms with Crippen LogP contribution in [0, 0.1) is 0 Å². The Morgan fingerprint density at radius 3 is 2.76 bits per heavy atom. The largest absolute Gasteiger partial charge is 0.348 e. The van der Waals surface area contributed by atoms with Crippen molar-refractivity contribution in [3.05, 3.63) is 34.7 Å². The standard InChI is InChI=1S/C18H21ClN4OS/c19-15-5-2-1-4-14(15)16-12-25-18(21-16)22-10-6-13(7-11-22)23-9-3-8-20-17(23)24/h1-2,4-5,12-13H,3,6-11H2,(H,20,24). The summed E-state index contributed by atoms with van der Waals surface area (Å²) in [5.41, 5.74) is 1.91. The molecule has 25 heavy (non-hydrogen) atoms. The second kappa shape index (κ2) is 7.22. The lowest BCUT2D eigenvalue weighted by atomic mass is 10.0. The Morgan fingerprint density at radius 2 is 2.00 bits per heavy atom. The topological polar surface area (TPSA) is 48.5 Å². The van der Waals surface area contributed by atoms with E-state index in [-0.39, 0.29) is 6.03 Å². The molecule has 0 radical (unpaired) electrons. The molecule has 4 rings (SSSR count). The average molecular weight is 377 g/mol. The van der Waals surface area contributed by atoms with Crippen LogP contribution in [-0.4, -0.2) is 48.1 Å². The summed E-state index contributed by atoms with van der Waals surface area (Å²) in [6, 6.07) is 8.25. The van der Waals surface area contributed by atoms with Gasteiger partial charge in [0, 0.05) is 48.2 Å². The fraction of sp³-hybridized carbons (Fsp3) is 0.444. The summed E-state index contributed by atoms with van der Waals surface area (Å²) < 4.78 is 0. The summed E-state index contributed by atoms with van der Waals surface area (Å²) in [7, 11) is 0. The van der Waals surface area contributed by atoms with Gasteiger partial charge < -0.3 is 15.1 Å². The third-order valence-electron chi connectivity index (χ3n) is 4.93. The van der Waals surface area contributed by atoms with Gasteiger partial charge in [-0.05, 0) is 25.3 Å². The predicted octanol–water partition coefficient (Wildman–Crippen LogP) is 3.85. The first kappa shape index (κ1) is 16.7. The number of benzene rings is 1. The van der Waals surface area contributed by atoms with Gasteiger partial charge in [-0.15, -0.1) is 11.3 Å². The zero-order valence-corrected chi connectivity index (χ0v) is 15.5. The minimum atomic E-state index is 0.0972. The van der Waals surface area contributed by atoms with Crippen LogP contribution in [0.2, 0.25) is 5.02 Å². The molecule has 0 atom stereocenters. The lowest BCUT2D eigenvalue weighted by Gasteiger charge is -2.40. The van der Waals surface area contributed by atoms with Gasteiger partial charge in [0.2, 0.25) is 0 Å². The van der Waals surface area contributed by atoms with Gasteiger partial charge in [-0.25, -0.2) is 9.78 Å². The molecule has 0 unspecified atom stereocenters. The Labute approximate surface area is 156 Å². The number of amides is 2. The SMILES string of the molecule is O=C1NCCCN1C1CCN(c2nc(-c3ccccc3Cl)cs2)CC1. The number of nitrogens with one attached hydrogen (secondary N) is 1. The molecular formula is C18H21ClN4OS. The highest BCUT2D eigenvalue weighted by atomic mass is 35.5. The number of carbonyl (C=O) groups is 1. The quantitative estimate of drug-likeness (QED) is 0.885. The second-order valence-corrected chi connectivity index (χ2v) is 7.74. The van der Waals surface area contributed by atoms with E-state index in [1.807, 2.05) is 29.2 Å². The Kier molecular flexibility index (Phi) is 4.81. The molecule has 0 saturated carbocycles. The van der Waals surface area contributed by atoms with Crippen molar-refractivity contribution in [2.24, 2.45) is 0 Å². The van der Waals surface area contributed by atoms with E-state index in [1.165, 1.54) is 0 Å². The Balaban J connectivity index is 1.41. The number of halogens is 1. The van der Waals surface area contributed by atoms with Crippen molar-refractivity contribution in [3.8, 4) is 11.3 Å². The summed E-state index contributed by atoms with van der Waals surface area (Å²) >= 11 is 7.94. The van der Waals surface area contributed by atoms with E-state index in [0.717, 1.165) is 66.9 Å². The number of anilines is 1. The molecule has 0 aliphatic carbocycles. The van der Waals surface area contributed by atoms with Gasteiger partial charge in [0.05, 0.1) is 5.69 Å². The number of piperidine rings is 1. The van der Waals surface area contributed by atoms with E-state index in [9.17, 15) is 4.79 Å². The minimum absolute atomic E-state index is 0.0972. The highest BCUT2D eigenvalue weighted by Gasteiger charge is 2.30. The van der Waals surface area contributed by atoms with Crippen LogP contribution in [0.3, 0.4) is 0 Å². The van der Waals surface area contributed by atoms with Crippen molar-refractivity contribution in [3.63, 3.8) is 0 Å². The molecule has 2 fully saturated rings. The molecule has 7 heteroatoms. The maximum Gasteiger partial charge on any atom is 0.317 e. The maximum atomic E-state index is 12.0. The molecule has 132 valence electrons. The normalized spacial score (nSPS) is 19.2. The van der Waals surface area contributed by atoms with Gasteiger partial charge in [0.1, 0.15) is 0 Å². The molecule has 0 bridgehead atoms. The van der Waals surface area contributed by atoms with Gasteiger partial charge in [-0.3, -0.25) is 0 Å². The van der Waals surface area contributed by atoms with Crippen LogP contribution in [0.1, 0.15) is 19.3 Å². The van der Waals surface area contributed by atoms with Crippen molar-refractivity contribution in [1.82, 2.24) is 15.2 Å². The average Bonchev–Trinajstić information content (AvgIpc) is 3.13. The minimum Gasteiger partial charge on any atom is -0.348 e. The van der Waals surface area contributed by atoms with E-state index >= 15 is 0 Å². The second-order valence-electron chi connectivity index (χ2n) is 6.49. The van der Waals surface area contributed by atoms with E-state index in [4.69, 9.17) is 16.6 Å². The van der Waals surface area contributed by atoms with E-state index < -0.39 is 0 Å². The first-order chi connectivity index (χ1) is 12.2. The molecule has 2 aliphatic rings. The van der Waals surface area contributed by atoms with Gasteiger partial charge >= 0.3 is 6.03 Å². The third-order valence-corrected chi connectivity index (χ3v) is 6.16. The van der Waals surface area contributed by atoms with Crippen LogP contribution in [0.15, 0.2) is 29.6 Å². The first-order valence-electron chi connectivity index (χ1n) is 8.72. The number of carbonyl (C=O) groups excluding carboxylic acids is 1. The maximum absolute atomic E-state index is 12.0. The first-order valence-corrected chi connectivity index (χ1v) is 9.98. The zero-order chi connectivity index (χ0) is 17.2. The summed E-state index contributed by atoms with van der Waals surface area (Å²) in [5, 5.41) is 6.79. The van der Waals surface area contributed by atoms with Crippen LogP contribution >= 0.6 is 22.9 Å². The van der Waals surface area contributed by atoms with Gasteiger partial charge in [0.15, 0.2) is 5.13 Å². The number of hydrogen-bond acceptors (Lipinski definition) is 4. The zero-order valence-electron chi connectivity index (χ0n) is 13.9. The molecule has 0 spiro atoms. The molecular weight excluding hydrogens is 356 g/mol. The lowest BCUT2D eigenvalue weighted by molar-refractivity contribution is 0.149. The van der Waals surface area contributed by atoms with E-state index in [2.05, 4.69) is 15.6 Å². The van der Waals surface area contributed by atoms with E-state index in [1.54, 1.807) is 11.3 Å². The van der Waals surface area contributed by atoms with Crippen molar-refractivity contribution in [1.29, 1.82) is 0 Å². The molecule has 1 N–H and O–H groups in total. The molecule has 1 aromatic heterocycles. The molecule has 2 aliphatic heterocycles. The molecule has 5 nitrogen and oxygen atoms in total. The van der Waals surface area contributed by atoms with Crippen molar-refractivity contribution < 1.29 is 4.79 Å². The fourth-order valence-electron chi connectivity index (χ4n) is 3.57. The monoisotopic (exact) mass is 376 g/mol. The Hall–Kier alpha value is -1.79. The highest BCUT2D eigenvalue weighted by Crippen LogP contribution is 2.33. The van der Waals surface area contributed by atoms with Crippen LogP contribution in [0.4, 0.5) is 9.93 Å². The number of nitrogens with zero attached hydrogens (tertiary/aromatic N) is 3. The molecule has 1 aromatic carbocycles. The molecule has 3 heterocycles. The van der Waals surface area contributed by atoms with Crippen LogP contribution in [0.25, 0.3) is 11.3 Å². The predicted molar refractivity (Wildman–Crippen MR) is 103 cm³/mol. The fourth-order valence-corrected chi connectivity index (χ4v) is 4.68. The number of thiazole rings is 1. The van der Waals surface area contributed by atoms with Crippen LogP contribution in [-0.2, 0) is 0 Å². The number of hydrogen-bond donors (Lipinski definition) is 1. The number of urea groups is 1. The smallest absolute Gasteiger partial charge is 0.317 e. The molecule has 2 saturated heterocycles. The van der Waals surface area contributed by atoms with Crippen molar-refractivity contribution in [2.45, 2.75) is 25.3 Å². The number of aromatic nitrogens is 1. The summed E-state index contributed by atoms with van der Waals surface area (Å²) in [4.78, 5) is 21.1. The van der Waals surface area contributed by atoms with Crippen molar-refractivity contribution in [2.75, 3.05) is 31.1 Å². The molecule has 2 aromatic rings. The third kappa shape index (κ3) is 3.46. The van der Waals surface area contributed by atoms with E-state index in [0.29, 0.717) is 6.04 Å². The summed E-state index contributed by atoms with van der Waals surface area (Å²) in [6.07, 6.45) is 3.03. The Bertz CT molecular complexity index is 757. The Morgan fingerprint density at radius 1 is 1.20 bits per heavy atom. The van der Waals surface area contributed by atoms with Crippen molar-refractivity contribution >= 4 is 34.1 Å². The van der Waals surface area contributed by atoms with Gasteiger partial charge in [-0.1, -0.05) is 29.8 Å². The number of rotatable bonds is 3. The van der Waals surface area contributed by atoms with Crippen LogP contribution < -0.4 is 10.2 Å².